The molecule has 1 aliphatic heterocycles. The molecule has 0 aromatic heterocycles. The van der Waals surface area contributed by atoms with E-state index in [9.17, 15) is 9.59 Å². The molecule has 1 aromatic rings. The molecular weight excluding hydrogens is 258 g/mol. The van der Waals surface area contributed by atoms with Crippen LogP contribution in [0, 0.1) is 0 Å². The van der Waals surface area contributed by atoms with Gasteiger partial charge in [0.1, 0.15) is 5.75 Å². The van der Waals surface area contributed by atoms with Crippen LogP contribution in [0.25, 0.3) is 0 Å². The second-order valence-electron chi connectivity index (χ2n) is 4.78. The summed E-state index contributed by atoms with van der Waals surface area (Å²) in [7, 11) is 1.52. The van der Waals surface area contributed by atoms with Crippen LogP contribution in [0.3, 0.4) is 0 Å². The highest BCUT2D eigenvalue weighted by Crippen LogP contribution is 2.26. The molecule has 0 aliphatic carbocycles. The number of nitrogens with one attached hydrogen (secondary N) is 1. The molecule has 1 saturated heterocycles. The molecule has 1 aliphatic rings. The monoisotopic (exact) mass is 277 g/mol. The van der Waals surface area contributed by atoms with Crippen molar-refractivity contribution in [3.05, 3.63) is 18.2 Å². The van der Waals surface area contributed by atoms with Gasteiger partial charge < -0.3 is 20.7 Å². The predicted octanol–water partition coefficient (Wildman–Crippen LogP) is 1.23. The molecule has 1 aromatic carbocycles. The van der Waals surface area contributed by atoms with Gasteiger partial charge in [0.2, 0.25) is 11.8 Å². The lowest BCUT2D eigenvalue weighted by molar-refractivity contribution is -0.136. The number of carbonyl (C=O) groups is 2. The number of ether oxygens (including phenoxy) is 1. The molecule has 2 rings (SSSR count). The van der Waals surface area contributed by atoms with Crippen LogP contribution >= 0.6 is 0 Å². The summed E-state index contributed by atoms with van der Waals surface area (Å²) in [5.41, 5.74) is 6.75. The summed E-state index contributed by atoms with van der Waals surface area (Å²) >= 11 is 0. The lowest BCUT2D eigenvalue weighted by Crippen LogP contribution is -2.40. The Kier molecular flexibility index (Phi) is 4.45. The predicted molar refractivity (Wildman–Crippen MR) is 76.5 cm³/mol. The topological polar surface area (TPSA) is 84.7 Å². The van der Waals surface area contributed by atoms with Crippen molar-refractivity contribution < 1.29 is 14.3 Å². The number of hydrogen-bond donors (Lipinski definition) is 2. The van der Waals surface area contributed by atoms with E-state index in [2.05, 4.69) is 5.32 Å². The highest BCUT2D eigenvalue weighted by atomic mass is 16.5. The van der Waals surface area contributed by atoms with Gasteiger partial charge in [0.25, 0.3) is 0 Å². The van der Waals surface area contributed by atoms with Crippen molar-refractivity contribution in [2.75, 3.05) is 31.2 Å². The SMILES string of the molecule is COc1ccc(N)cc1NC(=O)CN1CCCCC1=O. The highest BCUT2D eigenvalue weighted by Gasteiger charge is 2.20. The van der Waals surface area contributed by atoms with Gasteiger partial charge in [-0.25, -0.2) is 0 Å². The fourth-order valence-electron chi connectivity index (χ4n) is 2.22. The number of rotatable bonds is 4. The molecule has 0 saturated carbocycles. The van der Waals surface area contributed by atoms with Gasteiger partial charge in [0.05, 0.1) is 19.3 Å². The maximum Gasteiger partial charge on any atom is 0.244 e. The normalized spacial score (nSPS) is 15.1. The standard InChI is InChI=1S/C14H19N3O3/c1-20-12-6-5-10(15)8-11(12)16-13(18)9-17-7-3-2-4-14(17)19/h5-6,8H,2-4,7,9,15H2,1H3,(H,16,18). The number of nitrogen functional groups attached to an aromatic ring is 1. The Labute approximate surface area is 117 Å². The number of amides is 2. The van der Waals surface area contributed by atoms with Crippen molar-refractivity contribution in [1.82, 2.24) is 4.90 Å². The minimum Gasteiger partial charge on any atom is -0.495 e. The summed E-state index contributed by atoms with van der Waals surface area (Å²) in [5.74, 6) is 0.326. The van der Waals surface area contributed by atoms with Crippen LogP contribution in [0.2, 0.25) is 0 Å². The summed E-state index contributed by atoms with van der Waals surface area (Å²) < 4.78 is 5.16. The molecule has 2 amide bonds. The Balaban J connectivity index is 2.00. The fraction of sp³-hybridized carbons (Fsp3) is 0.429. The number of carbonyl (C=O) groups excluding carboxylic acids is 2. The van der Waals surface area contributed by atoms with E-state index in [0.717, 1.165) is 12.8 Å². The first-order valence-electron chi connectivity index (χ1n) is 6.61. The third-order valence-corrected chi connectivity index (χ3v) is 3.25. The van der Waals surface area contributed by atoms with E-state index in [1.54, 1.807) is 23.1 Å². The second-order valence-corrected chi connectivity index (χ2v) is 4.78. The molecule has 108 valence electrons. The van der Waals surface area contributed by atoms with Gasteiger partial charge in [-0.1, -0.05) is 0 Å². The Morgan fingerprint density at radius 2 is 2.25 bits per heavy atom. The number of piperidine rings is 1. The first kappa shape index (κ1) is 14.2. The minimum absolute atomic E-state index is 0.0333. The third kappa shape index (κ3) is 3.40. The van der Waals surface area contributed by atoms with E-state index in [1.807, 2.05) is 0 Å². The number of likely N-dealkylation sites (tertiary alicyclic amines) is 1. The Morgan fingerprint density at radius 3 is 2.95 bits per heavy atom. The lowest BCUT2D eigenvalue weighted by atomic mass is 10.1. The average Bonchev–Trinajstić information content (AvgIpc) is 2.41. The number of hydrogen-bond acceptors (Lipinski definition) is 4. The first-order valence-corrected chi connectivity index (χ1v) is 6.61. The van der Waals surface area contributed by atoms with E-state index >= 15 is 0 Å². The van der Waals surface area contributed by atoms with Gasteiger partial charge in [0, 0.05) is 18.7 Å². The second kappa shape index (κ2) is 6.27. The first-order chi connectivity index (χ1) is 9.60. The summed E-state index contributed by atoms with van der Waals surface area (Å²) in [6.07, 6.45) is 2.37. The van der Waals surface area contributed by atoms with Crippen molar-refractivity contribution in [2.45, 2.75) is 19.3 Å². The van der Waals surface area contributed by atoms with E-state index in [0.29, 0.717) is 30.1 Å². The van der Waals surface area contributed by atoms with Crippen LogP contribution in [-0.4, -0.2) is 36.9 Å². The average molecular weight is 277 g/mol. The molecule has 0 radical (unpaired) electrons. The molecule has 0 bridgehead atoms. The largest absolute Gasteiger partial charge is 0.495 e. The van der Waals surface area contributed by atoms with Crippen LogP contribution < -0.4 is 15.8 Å². The highest BCUT2D eigenvalue weighted by molar-refractivity contribution is 5.96. The molecule has 6 heteroatoms. The van der Waals surface area contributed by atoms with E-state index in [1.165, 1.54) is 7.11 Å². The van der Waals surface area contributed by atoms with Crippen molar-refractivity contribution >= 4 is 23.2 Å². The van der Waals surface area contributed by atoms with Crippen molar-refractivity contribution in [3.63, 3.8) is 0 Å². The Morgan fingerprint density at radius 1 is 1.45 bits per heavy atom. The maximum absolute atomic E-state index is 12.0. The van der Waals surface area contributed by atoms with Gasteiger partial charge in [-0.3, -0.25) is 9.59 Å². The van der Waals surface area contributed by atoms with Crippen molar-refractivity contribution in [2.24, 2.45) is 0 Å². The molecule has 0 unspecified atom stereocenters. The third-order valence-electron chi connectivity index (χ3n) is 3.25. The Bertz CT molecular complexity index is 516. The lowest BCUT2D eigenvalue weighted by Gasteiger charge is -2.26. The van der Waals surface area contributed by atoms with Gasteiger partial charge >= 0.3 is 0 Å². The quantitative estimate of drug-likeness (QED) is 0.811. The number of anilines is 2. The molecule has 0 atom stereocenters. The molecular formula is C14H19N3O3. The summed E-state index contributed by atoms with van der Waals surface area (Å²) in [4.78, 5) is 25.2. The van der Waals surface area contributed by atoms with Crippen LogP contribution in [0.5, 0.6) is 5.75 Å². The number of methoxy groups -OCH3 is 1. The summed E-state index contributed by atoms with van der Waals surface area (Å²) in [5, 5.41) is 2.73. The van der Waals surface area contributed by atoms with Gasteiger partial charge in [-0.05, 0) is 31.0 Å². The zero-order chi connectivity index (χ0) is 14.5. The number of benzene rings is 1. The van der Waals surface area contributed by atoms with Crippen LogP contribution in [0.1, 0.15) is 19.3 Å². The summed E-state index contributed by atoms with van der Waals surface area (Å²) in [6, 6.07) is 5.02. The van der Waals surface area contributed by atoms with Crippen LogP contribution in [0.4, 0.5) is 11.4 Å². The minimum atomic E-state index is -0.246. The molecule has 6 nitrogen and oxygen atoms in total. The molecule has 1 heterocycles. The van der Waals surface area contributed by atoms with Crippen molar-refractivity contribution in [1.29, 1.82) is 0 Å². The smallest absolute Gasteiger partial charge is 0.244 e. The van der Waals surface area contributed by atoms with Gasteiger partial charge in [0.15, 0.2) is 0 Å². The van der Waals surface area contributed by atoms with Gasteiger partial charge in [-0.15, -0.1) is 0 Å². The Hall–Kier alpha value is -2.24. The molecule has 0 spiro atoms. The van der Waals surface area contributed by atoms with E-state index in [4.69, 9.17) is 10.5 Å². The van der Waals surface area contributed by atoms with Gasteiger partial charge in [-0.2, -0.15) is 0 Å². The number of nitrogens with two attached hydrogens (primary N) is 1. The molecule has 20 heavy (non-hydrogen) atoms. The van der Waals surface area contributed by atoms with E-state index < -0.39 is 0 Å². The fourth-order valence-corrected chi connectivity index (χ4v) is 2.22. The zero-order valence-corrected chi connectivity index (χ0v) is 11.5. The molecule has 1 fully saturated rings. The molecule has 3 N–H and O–H groups in total. The van der Waals surface area contributed by atoms with Crippen molar-refractivity contribution in [3.8, 4) is 5.75 Å². The zero-order valence-electron chi connectivity index (χ0n) is 11.5. The summed E-state index contributed by atoms with van der Waals surface area (Å²) in [6.45, 7) is 0.705. The number of nitrogens with zero attached hydrogens (tertiary/aromatic N) is 1. The van der Waals surface area contributed by atoms with Crippen LogP contribution in [-0.2, 0) is 9.59 Å². The van der Waals surface area contributed by atoms with Crippen LogP contribution in [0.15, 0.2) is 18.2 Å². The van der Waals surface area contributed by atoms with E-state index in [-0.39, 0.29) is 18.4 Å². The maximum atomic E-state index is 12.0.